The van der Waals surface area contributed by atoms with Gasteiger partial charge in [-0.1, -0.05) is 18.2 Å². The van der Waals surface area contributed by atoms with Gasteiger partial charge in [0, 0.05) is 5.56 Å². The highest BCUT2D eigenvalue weighted by atomic mass is 16.3. The van der Waals surface area contributed by atoms with E-state index in [0.717, 1.165) is 16.7 Å². The van der Waals surface area contributed by atoms with Crippen LogP contribution in [-0.2, 0) is 13.0 Å². The first kappa shape index (κ1) is 19.0. The van der Waals surface area contributed by atoms with Gasteiger partial charge in [-0.2, -0.15) is 0 Å². The van der Waals surface area contributed by atoms with Gasteiger partial charge in [-0.05, 0) is 68.0 Å². The summed E-state index contributed by atoms with van der Waals surface area (Å²) < 4.78 is 0. The third-order valence-corrected chi connectivity index (χ3v) is 3.81. The smallest absolute Gasteiger partial charge is 0.124 e. The minimum absolute atomic E-state index is 0.102. The van der Waals surface area contributed by atoms with Crippen LogP contribution < -0.4 is 0 Å². The fraction of sp³-hybridized carbons (Fsp3) is 0.368. The van der Waals surface area contributed by atoms with Crippen molar-refractivity contribution in [3.8, 4) is 5.75 Å². The largest absolute Gasteiger partial charge is 0.508 e. The van der Waals surface area contributed by atoms with Crippen LogP contribution in [0.3, 0.4) is 0 Å². The Kier molecular flexibility index (Phi) is 7.07. The van der Waals surface area contributed by atoms with E-state index in [1.165, 1.54) is 0 Å². The van der Waals surface area contributed by atoms with Crippen LogP contribution in [0.4, 0.5) is 0 Å². The highest BCUT2D eigenvalue weighted by Crippen LogP contribution is 2.26. The minimum atomic E-state index is -0.209. The normalized spacial score (nSPS) is 14.0. The molecule has 23 heavy (non-hydrogen) atoms. The van der Waals surface area contributed by atoms with E-state index >= 15 is 0 Å². The lowest BCUT2D eigenvalue weighted by Gasteiger charge is -2.11. The van der Waals surface area contributed by atoms with E-state index in [9.17, 15) is 15.3 Å². The van der Waals surface area contributed by atoms with E-state index < -0.39 is 0 Å². The molecule has 4 N–H and O–H groups in total. The number of allylic oxidation sites excluding steroid dienone is 4. The average molecular weight is 318 g/mol. The van der Waals surface area contributed by atoms with Crippen LogP contribution in [0.25, 0.3) is 0 Å². The Labute approximate surface area is 137 Å². The Bertz CT molecular complexity index is 652. The van der Waals surface area contributed by atoms with Gasteiger partial charge in [0.25, 0.3) is 0 Å². The van der Waals surface area contributed by atoms with Crippen LogP contribution in [0.15, 0.2) is 46.8 Å². The number of aryl methyl sites for hydroxylation is 1. The standard InChI is InChI=1S/C19H26O4/c1-5-15(6-12(2)18(22)14(4)10-20)8-16-7-13(3)19(23)17(9-16)11-21/h5-7,9,20-23H,8,10-11H2,1-4H3/b12-6-,15-5+,18-14-. The molecule has 0 fully saturated rings. The van der Waals surface area contributed by atoms with Crippen molar-refractivity contribution in [3.05, 3.63) is 63.5 Å². The zero-order valence-electron chi connectivity index (χ0n) is 14.2. The Morgan fingerprint density at radius 2 is 1.83 bits per heavy atom. The zero-order chi connectivity index (χ0) is 17.6. The number of aromatic hydroxyl groups is 1. The molecular weight excluding hydrogens is 292 g/mol. The molecule has 126 valence electrons. The molecule has 0 saturated heterocycles. The van der Waals surface area contributed by atoms with Gasteiger partial charge in [-0.15, -0.1) is 0 Å². The first-order valence-electron chi connectivity index (χ1n) is 7.59. The molecule has 0 aliphatic heterocycles. The summed E-state index contributed by atoms with van der Waals surface area (Å²) >= 11 is 0. The van der Waals surface area contributed by atoms with Gasteiger partial charge in [0.05, 0.1) is 13.2 Å². The summed E-state index contributed by atoms with van der Waals surface area (Å²) in [4.78, 5) is 0. The summed E-state index contributed by atoms with van der Waals surface area (Å²) in [5, 5.41) is 38.3. The van der Waals surface area contributed by atoms with E-state index in [1.54, 1.807) is 26.8 Å². The molecule has 1 aromatic rings. The van der Waals surface area contributed by atoms with Crippen molar-refractivity contribution in [1.82, 2.24) is 0 Å². The number of benzene rings is 1. The highest BCUT2D eigenvalue weighted by Gasteiger charge is 2.08. The number of hydrogen-bond acceptors (Lipinski definition) is 4. The molecule has 0 aliphatic carbocycles. The maximum absolute atomic E-state index is 10.0. The van der Waals surface area contributed by atoms with Crippen molar-refractivity contribution in [2.24, 2.45) is 0 Å². The lowest BCUT2D eigenvalue weighted by Crippen LogP contribution is -1.97. The van der Waals surface area contributed by atoms with Crippen molar-refractivity contribution < 1.29 is 20.4 Å². The van der Waals surface area contributed by atoms with Crippen LogP contribution in [-0.4, -0.2) is 27.0 Å². The average Bonchev–Trinajstić information content (AvgIpc) is 2.55. The van der Waals surface area contributed by atoms with Crippen LogP contribution in [0.5, 0.6) is 5.75 Å². The molecule has 0 saturated carbocycles. The van der Waals surface area contributed by atoms with Crippen molar-refractivity contribution in [2.45, 2.75) is 40.7 Å². The second-order valence-corrected chi connectivity index (χ2v) is 5.73. The first-order chi connectivity index (χ1) is 10.8. The Morgan fingerprint density at radius 1 is 1.17 bits per heavy atom. The van der Waals surface area contributed by atoms with Gasteiger partial charge < -0.3 is 20.4 Å². The zero-order valence-corrected chi connectivity index (χ0v) is 14.2. The molecule has 4 heteroatoms. The number of aliphatic hydroxyl groups excluding tert-OH is 3. The topological polar surface area (TPSA) is 80.9 Å². The lowest BCUT2D eigenvalue weighted by molar-refractivity contribution is 0.275. The second-order valence-electron chi connectivity index (χ2n) is 5.73. The minimum Gasteiger partial charge on any atom is -0.508 e. The first-order valence-corrected chi connectivity index (χ1v) is 7.59. The third-order valence-electron chi connectivity index (χ3n) is 3.81. The molecule has 0 radical (unpaired) electrons. The van der Waals surface area contributed by atoms with Gasteiger partial charge in [-0.3, -0.25) is 0 Å². The molecule has 0 aliphatic rings. The maximum Gasteiger partial charge on any atom is 0.124 e. The van der Waals surface area contributed by atoms with Gasteiger partial charge in [0.15, 0.2) is 0 Å². The second kappa shape index (κ2) is 8.56. The van der Waals surface area contributed by atoms with Crippen LogP contribution in [0, 0.1) is 6.92 Å². The van der Waals surface area contributed by atoms with Gasteiger partial charge in [-0.25, -0.2) is 0 Å². The van der Waals surface area contributed by atoms with Gasteiger partial charge in [0.1, 0.15) is 11.5 Å². The predicted molar refractivity (Wildman–Crippen MR) is 92.4 cm³/mol. The van der Waals surface area contributed by atoms with E-state index in [-0.39, 0.29) is 24.7 Å². The monoisotopic (exact) mass is 318 g/mol. The van der Waals surface area contributed by atoms with E-state index in [2.05, 4.69) is 0 Å². The summed E-state index contributed by atoms with van der Waals surface area (Å²) in [5.41, 5.74) is 4.41. The third kappa shape index (κ3) is 4.98. The Hall–Kier alpha value is -2.04. The van der Waals surface area contributed by atoms with Gasteiger partial charge >= 0.3 is 0 Å². The van der Waals surface area contributed by atoms with E-state index in [4.69, 9.17) is 5.11 Å². The summed E-state index contributed by atoms with van der Waals surface area (Å²) in [6, 6.07) is 3.67. The molecule has 0 spiro atoms. The SMILES string of the molecule is C\C=C(/C=C(C)\C(O)=C(/C)CO)Cc1cc(C)c(O)c(CO)c1. The van der Waals surface area contributed by atoms with Crippen molar-refractivity contribution in [2.75, 3.05) is 6.61 Å². The molecule has 1 aromatic carbocycles. The fourth-order valence-electron chi connectivity index (χ4n) is 2.39. The molecule has 0 amide bonds. The summed E-state index contributed by atoms with van der Waals surface area (Å²) in [7, 11) is 0. The van der Waals surface area contributed by atoms with Crippen LogP contribution >= 0.6 is 0 Å². The molecule has 0 atom stereocenters. The number of phenols is 1. The Morgan fingerprint density at radius 3 is 2.35 bits per heavy atom. The predicted octanol–water partition coefficient (Wildman–Crippen LogP) is 3.45. The molecule has 0 aromatic heterocycles. The van der Waals surface area contributed by atoms with Crippen molar-refractivity contribution in [3.63, 3.8) is 0 Å². The number of hydrogen-bond donors (Lipinski definition) is 4. The molecular formula is C19H26O4. The summed E-state index contributed by atoms with van der Waals surface area (Å²) in [6.07, 6.45) is 4.44. The summed E-state index contributed by atoms with van der Waals surface area (Å²) in [5.74, 6) is 0.230. The molecule has 0 unspecified atom stereocenters. The van der Waals surface area contributed by atoms with Crippen molar-refractivity contribution in [1.29, 1.82) is 0 Å². The van der Waals surface area contributed by atoms with Gasteiger partial charge in [0.2, 0.25) is 0 Å². The molecule has 0 bridgehead atoms. The lowest BCUT2D eigenvalue weighted by atomic mass is 9.97. The van der Waals surface area contributed by atoms with Crippen LogP contribution in [0.1, 0.15) is 37.5 Å². The van der Waals surface area contributed by atoms with E-state index in [1.807, 2.05) is 25.1 Å². The number of aliphatic hydroxyl groups is 3. The summed E-state index contributed by atoms with van der Waals surface area (Å²) in [6.45, 7) is 6.80. The van der Waals surface area contributed by atoms with E-state index in [0.29, 0.717) is 23.1 Å². The maximum atomic E-state index is 10.0. The molecule has 1 rings (SSSR count). The molecule has 0 heterocycles. The highest BCUT2D eigenvalue weighted by molar-refractivity contribution is 5.45. The number of rotatable bonds is 6. The Balaban J connectivity index is 3.09. The fourth-order valence-corrected chi connectivity index (χ4v) is 2.39. The van der Waals surface area contributed by atoms with Crippen LogP contribution in [0.2, 0.25) is 0 Å². The molecule has 4 nitrogen and oxygen atoms in total. The van der Waals surface area contributed by atoms with Crippen molar-refractivity contribution >= 4 is 0 Å². The quantitative estimate of drug-likeness (QED) is 0.478.